The minimum Gasteiger partial charge on any atom is -0.487 e. The monoisotopic (exact) mass is 378 g/mol. The molecular formula is C21H22N4O3. The first-order chi connectivity index (χ1) is 13.5. The Labute approximate surface area is 163 Å². The highest BCUT2D eigenvalue weighted by Gasteiger charge is 2.32. The van der Waals surface area contributed by atoms with Gasteiger partial charge in [-0.2, -0.15) is 0 Å². The molecule has 0 bridgehead atoms. The summed E-state index contributed by atoms with van der Waals surface area (Å²) in [5, 5.41) is 11.5. The number of pyridine rings is 1. The average Bonchev–Trinajstić information content (AvgIpc) is 2.68. The third-order valence-electron chi connectivity index (χ3n) is 4.88. The van der Waals surface area contributed by atoms with Crippen molar-refractivity contribution in [1.82, 2.24) is 19.9 Å². The van der Waals surface area contributed by atoms with Crippen LogP contribution >= 0.6 is 0 Å². The molecule has 0 radical (unpaired) electrons. The van der Waals surface area contributed by atoms with E-state index < -0.39 is 6.10 Å². The Morgan fingerprint density at radius 2 is 2.07 bits per heavy atom. The van der Waals surface area contributed by atoms with Gasteiger partial charge in [0.2, 0.25) is 0 Å². The van der Waals surface area contributed by atoms with Crippen LogP contribution in [-0.4, -0.2) is 56.2 Å². The van der Waals surface area contributed by atoms with Gasteiger partial charge in [-0.05, 0) is 44.2 Å². The van der Waals surface area contributed by atoms with E-state index in [0.717, 1.165) is 16.6 Å². The van der Waals surface area contributed by atoms with Gasteiger partial charge < -0.3 is 14.7 Å². The topological polar surface area (TPSA) is 88.4 Å². The van der Waals surface area contributed by atoms with Crippen LogP contribution in [0.2, 0.25) is 0 Å². The Balaban J connectivity index is 1.47. The number of aliphatic hydroxyl groups is 1. The highest BCUT2D eigenvalue weighted by atomic mass is 16.5. The summed E-state index contributed by atoms with van der Waals surface area (Å²) in [6, 6.07) is 11.2. The lowest BCUT2D eigenvalue weighted by Crippen LogP contribution is -2.51. The van der Waals surface area contributed by atoms with Crippen LogP contribution < -0.4 is 4.74 Å². The highest BCUT2D eigenvalue weighted by Crippen LogP contribution is 2.27. The van der Waals surface area contributed by atoms with E-state index >= 15 is 0 Å². The SMILES string of the molecule is Cc1cc(C(=O)N2CC[C@@H](Oc3cccc4ncccc34)[C@H](O)C2)nc(C)n1. The average molecular weight is 378 g/mol. The van der Waals surface area contributed by atoms with E-state index in [9.17, 15) is 9.90 Å². The molecule has 1 aliphatic rings. The zero-order valence-corrected chi connectivity index (χ0v) is 15.9. The molecule has 1 aliphatic heterocycles. The number of hydrogen-bond acceptors (Lipinski definition) is 6. The summed E-state index contributed by atoms with van der Waals surface area (Å²) in [5.74, 6) is 1.06. The number of rotatable bonds is 3. The Hall–Kier alpha value is -3.06. The van der Waals surface area contributed by atoms with Crippen molar-refractivity contribution in [2.24, 2.45) is 0 Å². The summed E-state index contributed by atoms with van der Waals surface area (Å²) in [5.41, 5.74) is 1.95. The minimum absolute atomic E-state index is 0.194. The number of β-amino-alcohol motifs (C(OH)–C–C–N with tert-alkyl or cyclic N) is 1. The van der Waals surface area contributed by atoms with E-state index in [4.69, 9.17) is 4.74 Å². The summed E-state index contributed by atoms with van der Waals surface area (Å²) < 4.78 is 6.10. The van der Waals surface area contributed by atoms with Crippen molar-refractivity contribution < 1.29 is 14.6 Å². The molecule has 7 heteroatoms. The van der Waals surface area contributed by atoms with Gasteiger partial charge in [-0.1, -0.05) is 6.07 Å². The molecule has 1 aromatic carbocycles. The second kappa shape index (κ2) is 7.52. The van der Waals surface area contributed by atoms with Gasteiger partial charge in [-0.15, -0.1) is 0 Å². The van der Waals surface area contributed by atoms with Crippen LogP contribution in [0.1, 0.15) is 28.4 Å². The number of piperidine rings is 1. The number of nitrogens with zero attached hydrogens (tertiary/aromatic N) is 4. The van der Waals surface area contributed by atoms with Crippen LogP contribution in [0.15, 0.2) is 42.6 Å². The molecular weight excluding hydrogens is 356 g/mol. The number of aromatic nitrogens is 3. The quantitative estimate of drug-likeness (QED) is 0.752. The van der Waals surface area contributed by atoms with Crippen LogP contribution in [0, 0.1) is 13.8 Å². The standard InChI is InChI=1S/C21H22N4O3/c1-13-11-17(24-14(2)23-13)21(27)25-10-8-20(18(26)12-25)28-19-7-3-6-16-15(19)5-4-9-22-16/h3-7,9,11,18,20,26H,8,10,12H2,1-2H3/t18-,20-/m1/s1. The number of aryl methyl sites for hydroxylation is 2. The number of carbonyl (C=O) groups excluding carboxylic acids is 1. The molecule has 3 aromatic rings. The Bertz CT molecular complexity index is 998. The lowest BCUT2D eigenvalue weighted by Gasteiger charge is -2.36. The summed E-state index contributed by atoms with van der Waals surface area (Å²) in [6.07, 6.45) is 1.10. The summed E-state index contributed by atoms with van der Waals surface area (Å²) >= 11 is 0. The molecule has 2 aromatic heterocycles. The van der Waals surface area contributed by atoms with Gasteiger partial charge in [0.25, 0.3) is 5.91 Å². The molecule has 4 rings (SSSR count). The zero-order chi connectivity index (χ0) is 19.7. The Kier molecular flexibility index (Phi) is 4.92. The maximum absolute atomic E-state index is 12.8. The Morgan fingerprint density at radius 3 is 2.86 bits per heavy atom. The van der Waals surface area contributed by atoms with E-state index in [-0.39, 0.29) is 18.6 Å². The van der Waals surface area contributed by atoms with Crippen LogP contribution in [-0.2, 0) is 0 Å². The van der Waals surface area contributed by atoms with E-state index in [0.29, 0.717) is 30.2 Å². The van der Waals surface area contributed by atoms with Crippen molar-refractivity contribution in [3.63, 3.8) is 0 Å². The molecule has 0 unspecified atom stereocenters. The highest BCUT2D eigenvalue weighted by molar-refractivity contribution is 5.92. The van der Waals surface area contributed by atoms with Crippen LogP contribution in [0.3, 0.4) is 0 Å². The van der Waals surface area contributed by atoms with Crippen molar-refractivity contribution >= 4 is 16.8 Å². The number of amides is 1. The van der Waals surface area contributed by atoms with E-state index in [1.165, 1.54) is 0 Å². The number of benzene rings is 1. The smallest absolute Gasteiger partial charge is 0.272 e. The lowest BCUT2D eigenvalue weighted by molar-refractivity contribution is -0.0194. The van der Waals surface area contributed by atoms with Crippen molar-refractivity contribution in [3.05, 3.63) is 59.8 Å². The third kappa shape index (κ3) is 3.66. The molecule has 1 saturated heterocycles. The van der Waals surface area contributed by atoms with Crippen molar-refractivity contribution in [1.29, 1.82) is 0 Å². The summed E-state index contributed by atoms with van der Waals surface area (Å²) in [6.45, 7) is 4.29. The zero-order valence-electron chi connectivity index (χ0n) is 15.9. The largest absolute Gasteiger partial charge is 0.487 e. The first-order valence-corrected chi connectivity index (χ1v) is 9.31. The number of fused-ring (bicyclic) bond motifs is 1. The van der Waals surface area contributed by atoms with Gasteiger partial charge in [-0.3, -0.25) is 9.78 Å². The van der Waals surface area contributed by atoms with Crippen molar-refractivity contribution in [3.8, 4) is 5.75 Å². The molecule has 7 nitrogen and oxygen atoms in total. The summed E-state index contributed by atoms with van der Waals surface area (Å²) in [4.78, 5) is 27.2. The molecule has 1 amide bonds. The van der Waals surface area contributed by atoms with E-state index in [2.05, 4.69) is 15.0 Å². The number of aliphatic hydroxyl groups excluding tert-OH is 1. The van der Waals surface area contributed by atoms with Crippen molar-refractivity contribution in [2.75, 3.05) is 13.1 Å². The first kappa shape index (κ1) is 18.3. The molecule has 28 heavy (non-hydrogen) atoms. The van der Waals surface area contributed by atoms with E-state index in [1.54, 1.807) is 24.1 Å². The molecule has 1 fully saturated rings. The van der Waals surface area contributed by atoms with Crippen LogP contribution in [0.25, 0.3) is 10.9 Å². The molecule has 2 atom stereocenters. The molecule has 1 N–H and O–H groups in total. The fourth-order valence-corrected chi connectivity index (χ4v) is 3.56. The molecule has 144 valence electrons. The fraction of sp³-hybridized carbons (Fsp3) is 0.333. The van der Waals surface area contributed by atoms with Gasteiger partial charge in [0.1, 0.15) is 29.5 Å². The summed E-state index contributed by atoms with van der Waals surface area (Å²) in [7, 11) is 0. The number of likely N-dealkylation sites (tertiary alicyclic amines) is 1. The number of ether oxygens (including phenoxy) is 1. The molecule has 0 aliphatic carbocycles. The predicted molar refractivity (Wildman–Crippen MR) is 104 cm³/mol. The van der Waals surface area contributed by atoms with Gasteiger partial charge in [-0.25, -0.2) is 9.97 Å². The van der Waals surface area contributed by atoms with Gasteiger partial charge in [0.15, 0.2) is 0 Å². The van der Waals surface area contributed by atoms with Gasteiger partial charge >= 0.3 is 0 Å². The van der Waals surface area contributed by atoms with Crippen molar-refractivity contribution in [2.45, 2.75) is 32.5 Å². The molecule has 0 saturated carbocycles. The maximum atomic E-state index is 12.8. The van der Waals surface area contributed by atoms with Crippen LogP contribution in [0.5, 0.6) is 5.75 Å². The first-order valence-electron chi connectivity index (χ1n) is 9.31. The second-order valence-corrected chi connectivity index (χ2v) is 7.03. The maximum Gasteiger partial charge on any atom is 0.272 e. The van der Waals surface area contributed by atoms with Crippen LogP contribution in [0.4, 0.5) is 0 Å². The minimum atomic E-state index is -0.784. The normalized spacial score (nSPS) is 19.6. The number of carbonyl (C=O) groups is 1. The Morgan fingerprint density at radius 1 is 1.21 bits per heavy atom. The number of hydrogen-bond donors (Lipinski definition) is 1. The molecule has 0 spiro atoms. The fourth-order valence-electron chi connectivity index (χ4n) is 3.56. The lowest BCUT2D eigenvalue weighted by atomic mass is 10.0. The van der Waals surface area contributed by atoms with E-state index in [1.807, 2.05) is 37.3 Å². The van der Waals surface area contributed by atoms with Gasteiger partial charge in [0, 0.05) is 30.2 Å². The second-order valence-electron chi connectivity index (χ2n) is 7.03. The predicted octanol–water partition coefficient (Wildman–Crippen LogP) is 2.30. The van der Waals surface area contributed by atoms with Gasteiger partial charge in [0.05, 0.1) is 12.1 Å². The molecule has 3 heterocycles. The third-order valence-corrected chi connectivity index (χ3v) is 4.88.